The molecular formula is C17H25N2O4P. The third-order valence-corrected chi connectivity index (χ3v) is 6.90. The summed E-state index contributed by atoms with van der Waals surface area (Å²) in [5.41, 5.74) is 0.789. The van der Waals surface area contributed by atoms with E-state index in [-0.39, 0.29) is 12.7 Å². The van der Waals surface area contributed by atoms with E-state index in [9.17, 15) is 9.36 Å². The summed E-state index contributed by atoms with van der Waals surface area (Å²) in [7, 11) is -2.39. The summed E-state index contributed by atoms with van der Waals surface area (Å²) in [6.07, 6.45) is 0. The molecule has 0 saturated carbocycles. The van der Waals surface area contributed by atoms with Gasteiger partial charge in [-0.15, -0.1) is 0 Å². The second-order valence-corrected chi connectivity index (χ2v) is 10.5. The van der Waals surface area contributed by atoms with E-state index in [0.29, 0.717) is 13.1 Å². The van der Waals surface area contributed by atoms with Crippen LogP contribution < -0.4 is 9.47 Å². The van der Waals surface area contributed by atoms with Crippen molar-refractivity contribution in [1.82, 2.24) is 9.80 Å². The number of benzene rings is 1. The molecule has 0 bridgehead atoms. The monoisotopic (exact) mass is 352 g/mol. The molecule has 2 aliphatic rings. The van der Waals surface area contributed by atoms with E-state index in [1.54, 1.807) is 20.3 Å². The van der Waals surface area contributed by atoms with Crippen LogP contribution in [0.15, 0.2) is 18.2 Å². The molecule has 0 aliphatic carbocycles. The Morgan fingerprint density at radius 1 is 1.17 bits per heavy atom. The first-order valence-corrected chi connectivity index (χ1v) is 11.0. The molecule has 1 saturated heterocycles. The molecule has 6 nitrogen and oxygen atoms in total. The minimum Gasteiger partial charge on any atom is -0.454 e. The van der Waals surface area contributed by atoms with Crippen LogP contribution in [0.4, 0.5) is 0 Å². The van der Waals surface area contributed by atoms with Gasteiger partial charge in [0.15, 0.2) is 11.5 Å². The number of rotatable bonds is 4. The van der Waals surface area contributed by atoms with Gasteiger partial charge in [-0.3, -0.25) is 9.69 Å². The fourth-order valence-corrected chi connectivity index (χ4v) is 3.65. The van der Waals surface area contributed by atoms with Gasteiger partial charge in [0.1, 0.15) is 0 Å². The van der Waals surface area contributed by atoms with Gasteiger partial charge in [-0.25, -0.2) is 0 Å². The van der Waals surface area contributed by atoms with Crippen molar-refractivity contribution in [2.45, 2.75) is 19.1 Å². The van der Waals surface area contributed by atoms with Crippen molar-refractivity contribution in [3.05, 3.63) is 23.8 Å². The van der Waals surface area contributed by atoms with E-state index >= 15 is 0 Å². The van der Waals surface area contributed by atoms with Crippen molar-refractivity contribution in [1.29, 1.82) is 0 Å². The van der Waals surface area contributed by atoms with Gasteiger partial charge in [0.2, 0.25) is 12.7 Å². The predicted molar refractivity (Wildman–Crippen MR) is 93.3 cm³/mol. The average Bonchev–Trinajstić information content (AvgIpc) is 3.01. The third-order valence-electron chi connectivity index (χ3n) is 4.82. The molecule has 0 radical (unpaired) electrons. The predicted octanol–water partition coefficient (Wildman–Crippen LogP) is 2.07. The second kappa shape index (κ2) is 6.77. The van der Waals surface area contributed by atoms with E-state index in [0.717, 1.165) is 31.1 Å². The quantitative estimate of drug-likeness (QED) is 0.777. The number of amides is 1. The highest BCUT2D eigenvalue weighted by Gasteiger charge is 2.31. The lowest BCUT2D eigenvalue weighted by Crippen LogP contribution is -2.50. The minimum absolute atomic E-state index is 0.0195. The molecule has 1 aromatic rings. The molecule has 0 spiro atoms. The lowest BCUT2D eigenvalue weighted by atomic mass is 10.1. The SMILES string of the molecule is CC(C(=O)N1CCN(Cc2ccc3c(c2)OCO3)CC1)P(C)(C)=O. The van der Waals surface area contributed by atoms with Crippen molar-refractivity contribution >= 4 is 13.0 Å². The van der Waals surface area contributed by atoms with Gasteiger partial charge in [0.25, 0.3) is 0 Å². The summed E-state index contributed by atoms with van der Waals surface area (Å²) in [6.45, 7) is 9.29. The molecule has 24 heavy (non-hydrogen) atoms. The maximum absolute atomic E-state index is 12.4. The number of fused-ring (bicyclic) bond motifs is 1. The van der Waals surface area contributed by atoms with E-state index in [2.05, 4.69) is 11.0 Å². The second-order valence-electron chi connectivity index (χ2n) is 6.90. The Hall–Kier alpha value is -1.52. The van der Waals surface area contributed by atoms with Crippen molar-refractivity contribution in [2.24, 2.45) is 0 Å². The average molecular weight is 352 g/mol. The molecule has 2 heterocycles. The molecule has 1 atom stereocenters. The highest BCUT2D eigenvalue weighted by molar-refractivity contribution is 7.64. The van der Waals surface area contributed by atoms with Crippen LogP contribution in [-0.4, -0.2) is 67.7 Å². The van der Waals surface area contributed by atoms with Crippen LogP contribution in [0.5, 0.6) is 11.5 Å². The van der Waals surface area contributed by atoms with Crippen LogP contribution in [0, 0.1) is 0 Å². The highest BCUT2D eigenvalue weighted by atomic mass is 31.2. The molecular weight excluding hydrogens is 327 g/mol. The maximum Gasteiger partial charge on any atom is 0.232 e. The molecule has 1 aromatic carbocycles. The lowest BCUT2D eigenvalue weighted by Gasteiger charge is -2.36. The van der Waals surface area contributed by atoms with Gasteiger partial charge >= 0.3 is 0 Å². The number of hydrogen-bond acceptors (Lipinski definition) is 5. The fraction of sp³-hybridized carbons (Fsp3) is 0.588. The molecule has 132 valence electrons. The van der Waals surface area contributed by atoms with Crippen molar-refractivity contribution in [3.8, 4) is 11.5 Å². The Bertz CT molecular complexity index is 665. The van der Waals surface area contributed by atoms with Crippen LogP contribution >= 0.6 is 7.14 Å². The number of piperazine rings is 1. The fourth-order valence-electron chi connectivity index (χ4n) is 2.95. The summed E-state index contributed by atoms with van der Waals surface area (Å²) in [4.78, 5) is 16.6. The third kappa shape index (κ3) is 3.76. The zero-order chi connectivity index (χ0) is 17.3. The first-order valence-electron chi connectivity index (χ1n) is 8.29. The topological polar surface area (TPSA) is 59.1 Å². The molecule has 2 aliphatic heterocycles. The standard InChI is InChI=1S/C17H25N2O4P/c1-13(24(2,3)21)17(20)19-8-6-18(7-9-19)11-14-4-5-15-16(10-14)23-12-22-15/h4-5,10,13H,6-9,11-12H2,1-3H3. The van der Waals surface area contributed by atoms with Crippen molar-refractivity contribution in [3.63, 3.8) is 0 Å². The first-order chi connectivity index (χ1) is 11.3. The van der Waals surface area contributed by atoms with E-state index < -0.39 is 12.8 Å². The molecule has 1 unspecified atom stereocenters. The van der Waals surface area contributed by atoms with Gasteiger partial charge in [-0.2, -0.15) is 0 Å². The first kappa shape index (κ1) is 17.3. The summed E-state index contributed by atoms with van der Waals surface area (Å²) in [6, 6.07) is 6.02. The van der Waals surface area contributed by atoms with Crippen LogP contribution in [0.1, 0.15) is 12.5 Å². The Morgan fingerprint density at radius 3 is 2.50 bits per heavy atom. The zero-order valence-electron chi connectivity index (χ0n) is 14.5. The number of hydrogen-bond donors (Lipinski definition) is 0. The Morgan fingerprint density at radius 2 is 1.83 bits per heavy atom. The maximum atomic E-state index is 12.4. The van der Waals surface area contributed by atoms with Crippen molar-refractivity contribution in [2.75, 3.05) is 46.3 Å². The molecule has 1 amide bonds. The Labute approximate surface area is 143 Å². The van der Waals surface area contributed by atoms with E-state index in [1.807, 2.05) is 17.0 Å². The smallest absolute Gasteiger partial charge is 0.232 e. The number of ether oxygens (including phenoxy) is 2. The summed E-state index contributed by atoms with van der Waals surface area (Å²) >= 11 is 0. The number of nitrogens with zero attached hydrogens (tertiary/aromatic N) is 2. The molecule has 0 N–H and O–H groups in total. The minimum atomic E-state index is -2.39. The summed E-state index contributed by atoms with van der Waals surface area (Å²) in [5, 5.41) is 0. The summed E-state index contributed by atoms with van der Waals surface area (Å²) < 4.78 is 22.9. The highest BCUT2D eigenvalue weighted by Crippen LogP contribution is 2.43. The van der Waals surface area contributed by atoms with Gasteiger partial charge in [0, 0.05) is 32.7 Å². The Balaban J connectivity index is 1.54. The van der Waals surface area contributed by atoms with E-state index in [1.165, 1.54) is 5.56 Å². The van der Waals surface area contributed by atoms with Gasteiger partial charge in [-0.1, -0.05) is 6.07 Å². The number of carbonyl (C=O) groups is 1. The largest absolute Gasteiger partial charge is 0.454 e. The van der Waals surface area contributed by atoms with E-state index in [4.69, 9.17) is 9.47 Å². The van der Waals surface area contributed by atoms with Gasteiger partial charge in [-0.05, 0) is 37.9 Å². The summed E-state index contributed by atoms with van der Waals surface area (Å²) in [5.74, 6) is 1.62. The van der Waals surface area contributed by atoms with Crippen LogP contribution in [0.2, 0.25) is 0 Å². The lowest BCUT2D eigenvalue weighted by molar-refractivity contribution is -0.132. The molecule has 3 rings (SSSR count). The number of carbonyl (C=O) groups excluding carboxylic acids is 1. The van der Waals surface area contributed by atoms with Crippen molar-refractivity contribution < 1.29 is 18.8 Å². The van der Waals surface area contributed by atoms with Gasteiger partial charge < -0.3 is 18.9 Å². The van der Waals surface area contributed by atoms with Crippen LogP contribution in [0.3, 0.4) is 0 Å². The molecule has 7 heteroatoms. The van der Waals surface area contributed by atoms with Crippen LogP contribution in [0.25, 0.3) is 0 Å². The zero-order valence-corrected chi connectivity index (χ0v) is 15.4. The van der Waals surface area contributed by atoms with Crippen LogP contribution in [-0.2, 0) is 15.9 Å². The molecule has 1 fully saturated rings. The van der Waals surface area contributed by atoms with Gasteiger partial charge in [0.05, 0.1) is 12.8 Å². The molecule has 0 aromatic heterocycles. The normalized spacial score (nSPS) is 19.4. The Kier molecular flexibility index (Phi) is 4.88.